The molecular weight excluding hydrogens is 262 g/mol. The van der Waals surface area contributed by atoms with E-state index in [1.807, 2.05) is 6.07 Å². The Morgan fingerprint density at radius 1 is 1.14 bits per heavy atom. The van der Waals surface area contributed by atoms with E-state index in [4.69, 9.17) is 5.11 Å². The van der Waals surface area contributed by atoms with Crippen LogP contribution < -0.4 is 5.32 Å². The van der Waals surface area contributed by atoms with Crippen LogP contribution in [0.1, 0.15) is 56.9 Å². The third-order valence-corrected chi connectivity index (χ3v) is 4.36. The molecule has 3 nitrogen and oxygen atoms in total. The number of benzene rings is 1. The predicted molar refractivity (Wildman–Crippen MR) is 85.4 cm³/mol. The number of carboxylic acids is 1. The summed E-state index contributed by atoms with van der Waals surface area (Å²) >= 11 is 0. The minimum Gasteiger partial charge on any atom is -0.481 e. The number of hydrogen-bond acceptors (Lipinski definition) is 2. The van der Waals surface area contributed by atoms with Gasteiger partial charge in [-0.05, 0) is 31.2 Å². The molecule has 2 N–H and O–H groups in total. The van der Waals surface area contributed by atoms with E-state index in [-0.39, 0.29) is 12.5 Å². The molecule has 0 heterocycles. The number of aliphatic carboxylic acids is 1. The highest BCUT2D eigenvalue weighted by Gasteiger charge is 2.18. The minimum absolute atomic E-state index is 0.247. The zero-order chi connectivity index (χ0) is 14.9. The fraction of sp³-hybridized carbons (Fsp3) is 0.611. The van der Waals surface area contributed by atoms with Gasteiger partial charge >= 0.3 is 5.97 Å². The Balaban J connectivity index is 1.92. The van der Waals surface area contributed by atoms with Crippen LogP contribution in [0.25, 0.3) is 0 Å². The number of nitrogens with one attached hydrogen (secondary N) is 1. The lowest BCUT2D eigenvalue weighted by Crippen LogP contribution is -2.39. The number of rotatable bonds is 7. The van der Waals surface area contributed by atoms with Gasteiger partial charge in [-0.1, -0.05) is 56.0 Å². The molecule has 0 radical (unpaired) electrons. The van der Waals surface area contributed by atoms with Crippen LogP contribution in [0.15, 0.2) is 30.3 Å². The molecule has 1 aliphatic carbocycles. The van der Waals surface area contributed by atoms with Crippen LogP contribution in [0, 0.1) is 0 Å². The van der Waals surface area contributed by atoms with Crippen LogP contribution in [-0.4, -0.2) is 23.2 Å². The van der Waals surface area contributed by atoms with E-state index in [1.165, 1.54) is 44.1 Å². The molecule has 0 saturated heterocycles. The second-order valence-corrected chi connectivity index (χ2v) is 6.17. The van der Waals surface area contributed by atoms with Crippen LogP contribution in [-0.2, 0) is 11.2 Å². The first-order chi connectivity index (χ1) is 10.2. The molecule has 0 spiro atoms. The molecular formula is C18H27NO2. The van der Waals surface area contributed by atoms with Gasteiger partial charge in [0.1, 0.15) is 0 Å². The molecule has 21 heavy (non-hydrogen) atoms. The molecule has 1 fully saturated rings. The summed E-state index contributed by atoms with van der Waals surface area (Å²) in [6.07, 6.45) is 9.63. The lowest BCUT2D eigenvalue weighted by atomic mass is 9.99. The normalized spacial score (nSPS) is 18.1. The van der Waals surface area contributed by atoms with Crippen molar-refractivity contribution in [2.24, 2.45) is 0 Å². The molecule has 1 saturated carbocycles. The van der Waals surface area contributed by atoms with Gasteiger partial charge in [0.05, 0.1) is 0 Å². The molecule has 0 aliphatic heterocycles. The standard InChI is InChI=1S/C18H27NO2/c20-18(21)13-12-17(14-15-8-4-3-5-9-15)19-16-10-6-1-2-7-11-16/h3-5,8-9,16-17,19H,1-2,6-7,10-14H2,(H,20,21). The summed E-state index contributed by atoms with van der Waals surface area (Å²) in [7, 11) is 0. The van der Waals surface area contributed by atoms with Crippen molar-refractivity contribution in [2.45, 2.75) is 69.9 Å². The van der Waals surface area contributed by atoms with Crippen LogP contribution >= 0.6 is 0 Å². The quantitative estimate of drug-likeness (QED) is 0.751. The fourth-order valence-corrected chi connectivity index (χ4v) is 3.22. The number of carboxylic acid groups (broad SMARTS) is 1. The average Bonchev–Trinajstić information content (AvgIpc) is 2.74. The lowest BCUT2D eigenvalue weighted by Gasteiger charge is -2.25. The molecule has 2 rings (SSSR count). The van der Waals surface area contributed by atoms with Crippen molar-refractivity contribution in [1.82, 2.24) is 5.32 Å². The summed E-state index contributed by atoms with van der Waals surface area (Å²) in [5, 5.41) is 12.7. The Bertz CT molecular complexity index is 410. The second-order valence-electron chi connectivity index (χ2n) is 6.17. The SMILES string of the molecule is O=C(O)CCC(Cc1ccccc1)NC1CCCCCC1. The van der Waals surface area contributed by atoms with Gasteiger partial charge in [-0.3, -0.25) is 4.79 Å². The van der Waals surface area contributed by atoms with Crippen molar-refractivity contribution >= 4 is 5.97 Å². The van der Waals surface area contributed by atoms with Gasteiger partial charge in [-0.25, -0.2) is 0 Å². The molecule has 116 valence electrons. The predicted octanol–water partition coefficient (Wildman–Crippen LogP) is 3.77. The average molecular weight is 289 g/mol. The van der Waals surface area contributed by atoms with Crippen molar-refractivity contribution in [3.8, 4) is 0 Å². The number of carbonyl (C=O) groups is 1. The van der Waals surface area contributed by atoms with Gasteiger partial charge in [-0.2, -0.15) is 0 Å². The maximum atomic E-state index is 10.9. The Morgan fingerprint density at radius 2 is 1.81 bits per heavy atom. The maximum absolute atomic E-state index is 10.9. The lowest BCUT2D eigenvalue weighted by molar-refractivity contribution is -0.137. The van der Waals surface area contributed by atoms with E-state index in [9.17, 15) is 4.79 Å². The van der Waals surface area contributed by atoms with Gasteiger partial charge in [0.15, 0.2) is 0 Å². The van der Waals surface area contributed by atoms with E-state index in [2.05, 4.69) is 29.6 Å². The van der Waals surface area contributed by atoms with Gasteiger partial charge in [0.25, 0.3) is 0 Å². The van der Waals surface area contributed by atoms with E-state index in [0.717, 1.165) is 6.42 Å². The van der Waals surface area contributed by atoms with Crippen molar-refractivity contribution in [1.29, 1.82) is 0 Å². The zero-order valence-corrected chi connectivity index (χ0v) is 12.8. The smallest absolute Gasteiger partial charge is 0.303 e. The Kier molecular flexibility index (Phi) is 6.74. The molecule has 0 amide bonds. The van der Waals surface area contributed by atoms with Crippen molar-refractivity contribution in [2.75, 3.05) is 0 Å². The fourth-order valence-electron chi connectivity index (χ4n) is 3.22. The van der Waals surface area contributed by atoms with Crippen LogP contribution in [0.5, 0.6) is 0 Å². The van der Waals surface area contributed by atoms with Crippen molar-refractivity contribution in [3.63, 3.8) is 0 Å². The van der Waals surface area contributed by atoms with Crippen molar-refractivity contribution in [3.05, 3.63) is 35.9 Å². The van der Waals surface area contributed by atoms with E-state index in [0.29, 0.717) is 12.5 Å². The summed E-state index contributed by atoms with van der Waals surface area (Å²) in [5.74, 6) is -0.698. The first kappa shape index (κ1) is 16.0. The summed E-state index contributed by atoms with van der Waals surface area (Å²) < 4.78 is 0. The monoisotopic (exact) mass is 289 g/mol. The minimum atomic E-state index is -0.698. The van der Waals surface area contributed by atoms with Crippen LogP contribution in [0.2, 0.25) is 0 Å². The molecule has 3 heteroatoms. The summed E-state index contributed by atoms with van der Waals surface area (Å²) in [5.41, 5.74) is 1.29. The summed E-state index contributed by atoms with van der Waals surface area (Å²) in [6, 6.07) is 11.2. The van der Waals surface area contributed by atoms with Gasteiger partial charge < -0.3 is 10.4 Å². The van der Waals surface area contributed by atoms with E-state index >= 15 is 0 Å². The number of hydrogen-bond donors (Lipinski definition) is 2. The molecule has 1 aromatic rings. The van der Waals surface area contributed by atoms with Crippen LogP contribution in [0.3, 0.4) is 0 Å². The molecule has 1 atom stereocenters. The van der Waals surface area contributed by atoms with E-state index < -0.39 is 5.97 Å². The molecule has 0 aromatic heterocycles. The van der Waals surface area contributed by atoms with Gasteiger partial charge in [-0.15, -0.1) is 0 Å². The third-order valence-electron chi connectivity index (χ3n) is 4.36. The van der Waals surface area contributed by atoms with Crippen LogP contribution in [0.4, 0.5) is 0 Å². The highest BCUT2D eigenvalue weighted by atomic mass is 16.4. The second kappa shape index (κ2) is 8.83. The van der Waals surface area contributed by atoms with Crippen molar-refractivity contribution < 1.29 is 9.90 Å². The Labute approximate surface area is 127 Å². The Hall–Kier alpha value is -1.35. The first-order valence-electron chi connectivity index (χ1n) is 8.26. The summed E-state index contributed by atoms with van der Waals surface area (Å²) in [4.78, 5) is 10.9. The largest absolute Gasteiger partial charge is 0.481 e. The molecule has 1 aliphatic rings. The highest BCUT2D eigenvalue weighted by Crippen LogP contribution is 2.19. The molecule has 1 unspecified atom stereocenters. The maximum Gasteiger partial charge on any atom is 0.303 e. The Morgan fingerprint density at radius 3 is 2.43 bits per heavy atom. The summed E-state index contributed by atoms with van der Waals surface area (Å²) in [6.45, 7) is 0. The first-order valence-corrected chi connectivity index (χ1v) is 8.26. The highest BCUT2D eigenvalue weighted by molar-refractivity contribution is 5.66. The topological polar surface area (TPSA) is 49.3 Å². The zero-order valence-electron chi connectivity index (χ0n) is 12.8. The van der Waals surface area contributed by atoms with Gasteiger partial charge in [0.2, 0.25) is 0 Å². The van der Waals surface area contributed by atoms with E-state index in [1.54, 1.807) is 0 Å². The molecule has 1 aromatic carbocycles. The van der Waals surface area contributed by atoms with Gasteiger partial charge in [0, 0.05) is 18.5 Å². The molecule has 0 bridgehead atoms. The third kappa shape index (κ3) is 6.30.